The van der Waals surface area contributed by atoms with Gasteiger partial charge in [-0.25, -0.2) is 0 Å². The van der Waals surface area contributed by atoms with Gasteiger partial charge in [0.1, 0.15) is 0 Å². The molecule has 0 bridgehead atoms. The minimum atomic E-state index is -4.39. The SMILES string of the molecule is CCCn1c(SCc2nc(-c3ccc(C(F)(F)F)cc3)no2)nnc1-c1ccncc1. The highest BCUT2D eigenvalue weighted by molar-refractivity contribution is 7.98. The van der Waals surface area contributed by atoms with Gasteiger partial charge in [0.2, 0.25) is 11.7 Å². The lowest BCUT2D eigenvalue weighted by Crippen LogP contribution is -2.04. The quantitative estimate of drug-likeness (QED) is 0.365. The van der Waals surface area contributed by atoms with E-state index in [0.717, 1.165) is 36.5 Å². The van der Waals surface area contributed by atoms with Crippen LogP contribution in [0.5, 0.6) is 0 Å². The Morgan fingerprint density at radius 2 is 1.74 bits per heavy atom. The van der Waals surface area contributed by atoms with Crippen LogP contribution in [0.4, 0.5) is 13.2 Å². The molecule has 0 amide bonds. The largest absolute Gasteiger partial charge is 0.416 e. The van der Waals surface area contributed by atoms with Gasteiger partial charge in [0, 0.05) is 30.1 Å². The smallest absolute Gasteiger partial charge is 0.338 e. The van der Waals surface area contributed by atoms with E-state index in [1.54, 1.807) is 12.4 Å². The monoisotopic (exact) mass is 446 g/mol. The summed E-state index contributed by atoms with van der Waals surface area (Å²) in [6.45, 7) is 2.81. The highest BCUT2D eigenvalue weighted by Gasteiger charge is 2.30. The van der Waals surface area contributed by atoms with Crippen LogP contribution >= 0.6 is 11.8 Å². The summed E-state index contributed by atoms with van der Waals surface area (Å²) in [4.78, 5) is 8.31. The fraction of sp³-hybridized carbons (Fsp3) is 0.250. The molecule has 0 N–H and O–H groups in total. The van der Waals surface area contributed by atoms with Crippen molar-refractivity contribution in [3.63, 3.8) is 0 Å². The molecule has 0 unspecified atom stereocenters. The van der Waals surface area contributed by atoms with Crippen LogP contribution in [0.2, 0.25) is 0 Å². The van der Waals surface area contributed by atoms with Gasteiger partial charge < -0.3 is 9.09 Å². The molecule has 31 heavy (non-hydrogen) atoms. The first-order chi connectivity index (χ1) is 15.0. The number of benzene rings is 1. The van der Waals surface area contributed by atoms with Crippen molar-refractivity contribution in [2.75, 3.05) is 0 Å². The number of aromatic nitrogens is 6. The van der Waals surface area contributed by atoms with E-state index in [4.69, 9.17) is 4.52 Å². The standard InChI is InChI=1S/C20H17F3N6OS/c1-2-11-29-18(14-7-9-24-10-8-14)26-27-19(29)31-12-16-25-17(28-30-16)13-3-5-15(6-4-13)20(21,22)23/h3-10H,2,11-12H2,1H3. The predicted molar refractivity (Wildman–Crippen MR) is 108 cm³/mol. The number of hydrogen-bond donors (Lipinski definition) is 0. The molecule has 11 heteroatoms. The first-order valence-corrected chi connectivity index (χ1v) is 10.4. The van der Waals surface area contributed by atoms with Crippen LogP contribution in [0.15, 0.2) is 58.5 Å². The van der Waals surface area contributed by atoms with E-state index in [9.17, 15) is 13.2 Å². The Kier molecular flexibility index (Phi) is 6.03. The fourth-order valence-electron chi connectivity index (χ4n) is 2.90. The van der Waals surface area contributed by atoms with Crippen LogP contribution in [0.25, 0.3) is 22.8 Å². The molecule has 0 fully saturated rings. The summed E-state index contributed by atoms with van der Waals surface area (Å²) in [5.41, 5.74) is 0.642. The molecule has 0 radical (unpaired) electrons. The summed E-state index contributed by atoms with van der Waals surface area (Å²) in [6, 6.07) is 8.38. The first-order valence-electron chi connectivity index (χ1n) is 9.42. The van der Waals surface area contributed by atoms with E-state index in [1.807, 2.05) is 16.7 Å². The maximum absolute atomic E-state index is 12.7. The van der Waals surface area contributed by atoms with Crippen molar-refractivity contribution in [2.45, 2.75) is 37.0 Å². The average Bonchev–Trinajstić information content (AvgIpc) is 3.40. The van der Waals surface area contributed by atoms with Crippen molar-refractivity contribution >= 4 is 11.8 Å². The molecule has 0 saturated carbocycles. The van der Waals surface area contributed by atoms with Gasteiger partial charge in [-0.05, 0) is 30.7 Å². The van der Waals surface area contributed by atoms with Crippen molar-refractivity contribution in [2.24, 2.45) is 0 Å². The van der Waals surface area contributed by atoms with Crippen LogP contribution in [0.1, 0.15) is 24.8 Å². The number of thioether (sulfide) groups is 1. The summed E-state index contributed by atoms with van der Waals surface area (Å²) in [5.74, 6) is 1.68. The van der Waals surface area contributed by atoms with Gasteiger partial charge in [0.15, 0.2) is 11.0 Å². The van der Waals surface area contributed by atoms with Gasteiger partial charge in [-0.1, -0.05) is 36.0 Å². The summed E-state index contributed by atoms with van der Waals surface area (Å²) in [6.07, 6.45) is -0.0773. The van der Waals surface area contributed by atoms with E-state index in [2.05, 4.69) is 32.2 Å². The molecule has 7 nitrogen and oxygen atoms in total. The van der Waals surface area contributed by atoms with Crippen LogP contribution in [-0.4, -0.2) is 29.9 Å². The zero-order valence-electron chi connectivity index (χ0n) is 16.4. The third kappa shape index (κ3) is 4.76. The molecule has 0 atom stereocenters. The molecule has 0 aliphatic rings. The third-order valence-electron chi connectivity index (χ3n) is 4.37. The fourth-order valence-corrected chi connectivity index (χ4v) is 3.70. The number of hydrogen-bond acceptors (Lipinski definition) is 7. The average molecular weight is 446 g/mol. The minimum Gasteiger partial charge on any atom is -0.338 e. The molecule has 0 saturated heterocycles. The summed E-state index contributed by atoms with van der Waals surface area (Å²) >= 11 is 1.40. The molecule has 0 spiro atoms. The number of nitrogens with zero attached hydrogens (tertiary/aromatic N) is 6. The molecular weight excluding hydrogens is 429 g/mol. The second-order valence-electron chi connectivity index (χ2n) is 6.57. The lowest BCUT2D eigenvalue weighted by Gasteiger charge is -2.07. The molecule has 160 valence electrons. The lowest BCUT2D eigenvalue weighted by atomic mass is 10.1. The number of halogens is 3. The maximum Gasteiger partial charge on any atom is 0.416 e. The van der Waals surface area contributed by atoms with Gasteiger partial charge in [-0.15, -0.1) is 10.2 Å². The van der Waals surface area contributed by atoms with Crippen molar-refractivity contribution in [1.29, 1.82) is 0 Å². The van der Waals surface area contributed by atoms with Crippen molar-refractivity contribution in [3.8, 4) is 22.8 Å². The summed E-state index contributed by atoms with van der Waals surface area (Å²) in [7, 11) is 0. The summed E-state index contributed by atoms with van der Waals surface area (Å²) in [5, 5.41) is 13.2. The summed E-state index contributed by atoms with van der Waals surface area (Å²) < 4.78 is 45.4. The lowest BCUT2D eigenvalue weighted by molar-refractivity contribution is -0.137. The molecule has 4 aromatic rings. The highest BCUT2D eigenvalue weighted by Crippen LogP contribution is 2.31. The molecule has 4 rings (SSSR count). The topological polar surface area (TPSA) is 82.5 Å². The minimum absolute atomic E-state index is 0.233. The Hall–Kier alpha value is -3.21. The Balaban J connectivity index is 1.48. The van der Waals surface area contributed by atoms with Crippen molar-refractivity contribution < 1.29 is 17.7 Å². The molecular formula is C20H17F3N6OS. The van der Waals surface area contributed by atoms with E-state index < -0.39 is 11.7 Å². The zero-order valence-corrected chi connectivity index (χ0v) is 17.2. The van der Waals surface area contributed by atoms with Crippen LogP contribution < -0.4 is 0 Å². The van der Waals surface area contributed by atoms with Gasteiger partial charge in [-0.3, -0.25) is 4.98 Å². The highest BCUT2D eigenvalue weighted by atomic mass is 32.2. The Bertz CT molecular complexity index is 1140. The zero-order chi connectivity index (χ0) is 21.8. The van der Waals surface area contributed by atoms with Gasteiger partial charge in [0.05, 0.1) is 11.3 Å². The number of pyridine rings is 1. The van der Waals surface area contributed by atoms with Gasteiger partial charge in [0.25, 0.3) is 0 Å². The molecule has 0 aliphatic heterocycles. The van der Waals surface area contributed by atoms with E-state index >= 15 is 0 Å². The molecule has 3 heterocycles. The van der Waals surface area contributed by atoms with E-state index in [-0.39, 0.29) is 5.82 Å². The van der Waals surface area contributed by atoms with Gasteiger partial charge >= 0.3 is 6.18 Å². The predicted octanol–water partition coefficient (Wildman–Crippen LogP) is 5.11. The molecule has 0 aliphatic carbocycles. The Morgan fingerprint density at radius 3 is 2.42 bits per heavy atom. The van der Waals surface area contributed by atoms with Crippen LogP contribution in [0.3, 0.4) is 0 Å². The Labute approximate surface area is 179 Å². The second kappa shape index (κ2) is 8.88. The van der Waals surface area contributed by atoms with Crippen molar-refractivity contribution in [3.05, 3.63) is 60.2 Å². The van der Waals surface area contributed by atoms with E-state index in [0.29, 0.717) is 22.4 Å². The van der Waals surface area contributed by atoms with E-state index in [1.165, 1.54) is 23.9 Å². The van der Waals surface area contributed by atoms with Crippen molar-refractivity contribution in [1.82, 2.24) is 29.9 Å². The van der Waals surface area contributed by atoms with Crippen LogP contribution in [-0.2, 0) is 18.5 Å². The van der Waals surface area contributed by atoms with Gasteiger partial charge in [-0.2, -0.15) is 18.2 Å². The number of alkyl halides is 3. The second-order valence-corrected chi connectivity index (χ2v) is 7.51. The maximum atomic E-state index is 12.7. The first kappa shape index (κ1) is 21.0. The number of rotatable bonds is 7. The molecule has 3 aromatic heterocycles. The molecule has 1 aromatic carbocycles. The van der Waals surface area contributed by atoms with Crippen LogP contribution in [0, 0.1) is 0 Å². The normalized spacial score (nSPS) is 11.7. The third-order valence-corrected chi connectivity index (χ3v) is 5.32. The Morgan fingerprint density at radius 1 is 1.00 bits per heavy atom.